The predicted octanol–water partition coefficient (Wildman–Crippen LogP) is 2.64. The third-order valence-electron chi connectivity index (χ3n) is 5.41. The van der Waals surface area contributed by atoms with Crippen LogP contribution < -0.4 is 16.0 Å². The van der Waals surface area contributed by atoms with E-state index in [0.717, 1.165) is 42.3 Å². The summed E-state index contributed by atoms with van der Waals surface area (Å²) in [7, 11) is 0. The van der Waals surface area contributed by atoms with Crippen LogP contribution in [0.4, 0.5) is 0 Å². The van der Waals surface area contributed by atoms with Gasteiger partial charge in [0, 0.05) is 6.54 Å². The van der Waals surface area contributed by atoms with Gasteiger partial charge in [-0.2, -0.15) is 0 Å². The Morgan fingerprint density at radius 2 is 1.93 bits per heavy atom. The molecule has 0 saturated carbocycles. The van der Waals surface area contributed by atoms with E-state index in [2.05, 4.69) is 22.0 Å². The van der Waals surface area contributed by atoms with E-state index in [9.17, 15) is 9.59 Å². The van der Waals surface area contributed by atoms with Crippen LogP contribution >= 0.6 is 0 Å². The molecule has 0 spiro atoms. The van der Waals surface area contributed by atoms with Crippen LogP contribution in [-0.2, 0) is 16.0 Å². The number of piperidine rings is 1. The fourth-order valence-corrected chi connectivity index (χ4v) is 3.75. The van der Waals surface area contributed by atoms with Crippen LogP contribution in [-0.4, -0.2) is 37.5 Å². The van der Waals surface area contributed by atoms with Crippen molar-refractivity contribution in [2.45, 2.75) is 39.2 Å². The summed E-state index contributed by atoms with van der Waals surface area (Å²) in [6.07, 6.45) is 2.55. The third kappa shape index (κ3) is 5.55. The minimum absolute atomic E-state index is 0.0324. The van der Waals surface area contributed by atoms with Gasteiger partial charge in [0.05, 0.1) is 6.42 Å². The molecule has 3 rings (SSSR count). The Morgan fingerprint density at radius 3 is 2.64 bits per heavy atom. The standard InChI is InChI=1S/C23H31N3O2/c1-16(2)22(23(28)25-15-18-6-5-11-24-14-18)26-21(27)13-17-9-10-19-7-3-4-8-20(19)12-17/h3-4,7-10,12,16,18,22,24H,5-6,11,13-15H2,1-2H3,(H,25,28)(H,26,27)/t18-,22+/m1/s1. The maximum absolute atomic E-state index is 12.6. The van der Waals surface area contributed by atoms with Crippen LogP contribution in [0.1, 0.15) is 32.3 Å². The lowest BCUT2D eigenvalue weighted by molar-refractivity contribution is -0.129. The molecule has 1 saturated heterocycles. The summed E-state index contributed by atoms with van der Waals surface area (Å²) < 4.78 is 0. The Kier molecular flexibility index (Phi) is 7.04. The molecule has 2 aromatic rings. The highest BCUT2D eigenvalue weighted by atomic mass is 16.2. The smallest absolute Gasteiger partial charge is 0.242 e. The molecule has 28 heavy (non-hydrogen) atoms. The first kappa shape index (κ1) is 20.3. The van der Waals surface area contributed by atoms with E-state index in [1.54, 1.807) is 0 Å². The molecule has 5 heteroatoms. The molecule has 0 bridgehead atoms. The topological polar surface area (TPSA) is 70.2 Å². The zero-order chi connectivity index (χ0) is 19.9. The number of hydrogen-bond acceptors (Lipinski definition) is 3. The Labute approximate surface area is 167 Å². The number of benzene rings is 2. The highest BCUT2D eigenvalue weighted by Crippen LogP contribution is 2.16. The van der Waals surface area contributed by atoms with Gasteiger partial charge < -0.3 is 16.0 Å². The molecule has 0 radical (unpaired) electrons. The van der Waals surface area contributed by atoms with Crippen molar-refractivity contribution in [2.24, 2.45) is 11.8 Å². The van der Waals surface area contributed by atoms with Gasteiger partial charge in [-0.05, 0) is 54.1 Å². The summed E-state index contributed by atoms with van der Waals surface area (Å²) in [5, 5.41) is 11.6. The normalized spacial score (nSPS) is 18.0. The molecule has 5 nitrogen and oxygen atoms in total. The molecule has 0 unspecified atom stereocenters. The van der Waals surface area contributed by atoms with Gasteiger partial charge in [-0.25, -0.2) is 0 Å². The molecule has 0 aromatic heterocycles. The lowest BCUT2D eigenvalue weighted by atomic mass is 9.98. The average molecular weight is 382 g/mol. The molecule has 1 fully saturated rings. The number of fused-ring (bicyclic) bond motifs is 1. The number of nitrogens with one attached hydrogen (secondary N) is 3. The summed E-state index contributed by atoms with van der Waals surface area (Å²) in [6, 6.07) is 13.6. The van der Waals surface area contributed by atoms with Crippen molar-refractivity contribution in [3.8, 4) is 0 Å². The first-order valence-electron chi connectivity index (χ1n) is 10.3. The molecular weight excluding hydrogens is 350 g/mol. The van der Waals surface area contributed by atoms with Gasteiger partial charge in [-0.3, -0.25) is 9.59 Å². The van der Waals surface area contributed by atoms with Gasteiger partial charge in [0.1, 0.15) is 6.04 Å². The van der Waals surface area contributed by atoms with E-state index >= 15 is 0 Å². The molecule has 1 aliphatic rings. The van der Waals surface area contributed by atoms with E-state index in [-0.39, 0.29) is 24.2 Å². The fraction of sp³-hybridized carbons (Fsp3) is 0.478. The maximum atomic E-state index is 12.6. The Hall–Kier alpha value is -2.40. The SMILES string of the molecule is CC(C)[C@H](NC(=O)Cc1ccc2ccccc2c1)C(=O)NC[C@@H]1CCCNC1. The number of carbonyl (C=O) groups excluding carboxylic acids is 2. The fourth-order valence-electron chi connectivity index (χ4n) is 3.75. The summed E-state index contributed by atoms with van der Waals surface area (Å²) >= 11 is 0. The molecule has 3 N–H and O–H groups in total. The minimum atomic E-state index is -0.510. The van der Waals surface area contributed by atoms with Gasteiger partial charge in [-0.15, -0.1) is 0 Å². The number of carbonyl (C=O) groups is 2. The summed E-state index contributed by atoms with van der Waals surface area (Å²) in [5.74, 6) is 0.291. The van der Waals surface area contributed by atoms with Gasteiger partial charge in [-0.1, -0.05) is 56.3 Å². The zero-order valence-corrected chi connectivity index (χ0v) is 16.8. The van der Waals surface area contributed by atoms with E-state index in [0.29, 0.717) is 12.5 Å². The van der Waals surface area contributed by atoms with Crippen molar-refractivity contribution < 1.29 is 9.59 Å². The third-order valence-corrected chi connectivity index (χ3v) is 5.41. The second kappa shape index (κ2) is 9.69. The van der Waals surface area contributed by atoms with Crippen molar-refractivity contribution in [3.63, 3.8) is 0 Å². The molecule has 1 aliphatic heterocycles. The predicted molar refractivity (Wildman–Crippen MR) is 113 cm³/mol. The second-order valence-corrected chi connectivity index (χ2v) is 8.11. The molecule has 2 amide bonds. The van der Waals surface area contributed by atoms with Crippen LogP contribution in [0.3, 0.4) is 0 Å². The lowest BCUT2D eigenvalue weighted by Gasteiger charge is -2.26. The van der Waals surface area contributed by atoms with E-state index in [1.165, 1.54) is 0 Å². The van der Waals surface area contributed by atoms with E-state index in [4.69, 9.17) is 0 Å². The number of amides is 2. The minimum Gasteiger partial charge on any atom is -0.354 e. The molecule has 2 aromatic carbocycles. The molecule has 2 atom stereocenters. The van der Waals surface area contributed by atoms with Gasteiger partial charge in [0.15, 0.2) is 0 Å². The van der Waals surface area contributed by atoms with Crippen molar-refractivity contribution >= 4 is 22.6 Å². The van der Waals surface area contributed by atoms with Crippen molar-refractivity contribution in [1.29, 1.82) is 0 Å². The summed E-state index contributed by atoms with van der Waals surface area (Å²) in [4.78, 5) is 25.2. The first-order valence-corrected chi connectivity index (χ1v) is 10.3. The van der Waals surface area contributed by atoms with Crippen molar-refractivity contribution in [3.05, 3.63) is 48.0 Å². The maximum Gasteiger partial charge on any atom is 0.242 e. The molecular formula is C23H31N3O2. The Morgan fingerprint density at radius 1 is 1.14 bits per heavy atom. The number of hydrogen-bond donors (Lipinski definition) is 3. The summed E-state index contributed by atoms with van der Waals surface area (Å²) in [6.45, 7) is 6.59. The quantitative estimate of drug-likeness (QED) is 0.691. The van der Waals surface area contributed by atoms with Crippen molar-refractivity contribution in [2.75, 3.05) is 19.6 Å². The zero-order valence-electron chi connectivity index (χ0n) is 16.8. The molecule has 0 aliphatic carbocycles. The highest BCUT2D eigenvalue weighted by molar-refractivity contribution is 5.89. The number of rotatable bonds is 7. The molecule has 150 valence electrons. The van der Waals surface area contributed by atoms with Crippen LogP contribution in [0.15, 0.2) is 42.5 Å². The van der Waals surface area contributed by atoms with Crippen LogP contribution in [0.2, 0.25) is 0 Å². The second-order valence-electron chi connectivity index (χ2n) is 8.11. The Balaban J connectivity index is 1.55. The van der Waals surface area contributed by atoms with Gasteiger partial charge >= 0.3 is 0 Å². The first-order chi connectivity index (χ1) is 13.5. The van der Waals surface area contributed by atoms with E-state index < -0.39 is 6.04 Å². The van der Waals surface area contributed by atoms with Crippen LogP contribution in [0, 0.1) is 11.8 Å². The molecule has 1 heterocycles. The summed E-state index contributed by atoms with van der Waals surface area (Å²) in [5.41, 5.74) is 0.951. The van der Waals surface area contributed by atoms with Gasteiger partial charge in [0.25, 0.3) is 0 Å². The van der Waals surface area contributed by atoms with Crippen LogP contribution in [0.5, 0.6) is 0 Å². The monoisotopic (exact) mass is 381 g/mol. The highest BCUT2D eigenvalue weighted by Gasteiger charge is 2.25. The Bertz CT molecular complexity index is 812. The van der Waals surface area contributed by atoms with Gasteiger partial charge in [0.2, 0.25) is 11.8 Å². The van der Waals surface area contributed by atoms with E-state index in [1.807, 2.05) is 50.2 Å². The van der Waals surface area contributed by atoms with Crippen molar-refractivity contribution in [1.82, 2.24) is 16.0 Å². The largest absolute Gasteiger partial charge is 0.354 e. The van der Waals surface area contributed by atoms with Crippen LogP contribution in [0.25, 0.3) is 10.8 Å². The average Bonchev–Trinajstić information content (AvgIpc) is 2.70. The lowest BCUT2D eigenvalue weighted by Crippen LogP contribution is -2.51.